The quantitative estimate of drug-likeness (QED) is 0.264. The van der Waals surface area contributed by atoms with Crippen LogP contribution >= 0.6 is 0 Å². The van der Waals surface area contributed by atoms with Crippen molar-refractivity contribution < 1.29 is 4.79 Å². The van der Waals surface area contributed by atoms with Crippen LogP contribution in [0.4, 0.5) is 17.3 Å². The highest BCUT2D eigenvalue weighted by molar-refractivity contribution is 6.05. The molecular weight excluding hydrogens is 484 g/mol. The molecule has 194 valence electrons. The van der Waals surface area contributed by atoms with Gasteiger partial charge in [-0.2, -0.15) is 0 Å². The Hall–Kier alpha value is -5.04. The molecule has 0 fully saturated rings. The number of anilines is 3. The Kier molecular flexibility index (Phi) is 7.88. The number of carbonyl (C=O) groups excluding carboxylic acids is 1. The number of hydrogen-bond donors (Lipinski definition) is 2. The van der Waals surface area contributed by atoms with Crippen LogP contribution in [0.5, 0.6) is 0 Å². The van der Waals surface area contributed by atoms with E-state index in [9.17, 15) is 4.79 Å². The van der Waals surface area contributed by atoms with Crippen LogP contribution in [-0.2, 0) is 0 Å². The summed E-state index contributed by atoms with van der Waals surface area (Å²) in [6.45, 7) is 5.10. The number of aryl methyl sites for hydroxylation is 1. The zero-order valence-electron chi connectivity index (χ0n) is 22.0. The third-order valence-corrected chi connectivity index (χ3v) is 6.29. The normalized spacial score (nSPS) is 12.6. The molecule has 0 unspecified atom stereocenters. The van der Waals surface area contributed by atoms with Crippen molar-refractivity contribution in [3.05, 3.63) is 127 Å². The second kappa shape index (κ2) is 12.0. The third-order valence-electron chi connectivity index (χ3n) is 6.29. The number of pyridine rings is 1. The molecule has 39 heavy (non-hydrogen) atoms. The molecule has 0 saturated carbocycles. The monoisotopic (exact) mass is 514 g/mol. The van der Waals surface area contributed by atoms with Gasteiger partial charge in [0.05, 0.1) is 5.69 Å². The van der Waals surface area contributed by atoms with Crippen molar-refractivity contribution in [2.45, 2.75) is 20.3 Å². The van der Waals surface area contributed by atoms with E-state index >= 15 is 0 Å². The number of amides is 1. The fraction of sp³-hybridized carbons (Fsp3) is 0.125. The fourth-order valence-corrected chi connectivity index (χ4v) is 4.21. The largest absolute Gasteiger partial charge is 0.354 e. The Balaban J connectivity index is 1.29. The van der Waals surface area contributed by atoms with Crippen LogP contribution in [0.15, 0.2) is 110 Å². The van der Waals surface area contributed by atoms with Gasteiger partial charge in [0.15, 0.2) is 0 Å². The summed E-state index contributed by atoms with van der Waals surface area (Å²) in [6, 6.07) is 19.1. The van der Waals surface area contributed by atoms with Crippen molar-refractivity contribution in [2.75, 3.05) is 17.2 Å². The lowest BCUT2D eigenvalue weighted by atomic mass is 10.1. The summed E-state index contributed by atoms with van der Waals surface area (Å²) >= 11 is 0. The summed E-state index contributed by atoms with van der Waals surface area (Å²) in [7, 11) is 0. The molecule has 2 aromatic carbocycles. The molecule has 3 heterocycles. The van der Waals surface area contributed by atoms with Gasteiger partial charge in [0.1, 0.15) is 0 Å². The lowest BCUT2D eigenvalue weighted by Crippen LogP contribution is -2.12. The Morgan fingerprint density at radius 3 is 2.64 bits per heavy atom. The highest BCUT2D eigenvalue weighted by Gasteiger charge is 2.11. The number of nitrogens with zero attached hydrogens (tertiary/aromatic N) is 4. The second-order valence-corrected chi connectivity index (χ2v) is 9.22. The molecule has 0 radical (unpaired) electrons. The van der Waals surface area contributed by atoms with Gasteiger partial charge in [-0.25, -0.2) is 9.97 Å². The first-order valence-corrected chi connectivity index (χ1v) is 12.9. The molecule has 0 bridgehead atoms. The maximum absolute atomic E-state index is 13.1. The maximum atomic E-state index is 13.1. The summed E-state index contributed by atoms with van der Waals surface area (Å²) < 4.78 is 0. The molecule has 7 heteroatoms. The molecule has 2 N–H and O–H groups in total. The van der Waals surface area contributed by atoms with Gasteiger partial charge in [-0.1, -0.05) is 37.3 Å². The van der Waals surface area contributed by atoms with E-state index < -0.39 is 0 Å². The zero-order chi connectivity index (χ0) is 27.0. The number of nitrogens with one attached hydrogen (secondary N) is 2. The Morgan fingerprint density at radius 2 is 1.85 bits per heavy atom. The molecule has 1 aliphatic rings. The lowest BCUT2D eigenvalue weighted by molar-refractivity contribution is 0.102. The van der Waals surface area contributed by atoms with Gasteiger partial charge in [-0.15, -0.1) is 0 Å². The van der Waals surface area contributed by atoms with Gasteiger partial charge in [0, 0.05) is 60.0 Å². The van der Waals surface area contributed by atoms with E-state index in [0.717, 1.165) is 52.3 Å². The summed E-state index contributed by atoms with van der Waals surface area (Å²) in [6.07, 6.45) is 16.7. The van der Waals surface area contributed by atoms with Crippen LogP contribution in [0.2, 0.25) is 0 Å². The predicted molar refractivity (Wildman–Crippen MR) is 157 cm³/mol. The van der Waals surface area contributed by atoms with Crippen LogP contribution in [0.3, 0.4) is 0 Å². The van der Waals surface area contributed by atoms with Crippen LogP contribution in [0, 0.1) is 6.92 Å². The molecule has 0 saturated heterocycles. The van der Waals surface area contributed by atoms with Gasteiger partial charge in [0.25, 0.3) is 5.91 Å². The van der Waals surface area contributed by atoms with Gasteiger partial charge < -0.3 is 15.5 Å². The van der Waals surface area contributed by atoms with Crippen LogP contribution < -0.4 is 10.6 Å². The van der Waals surface area contributed by atoms with Crippen molar-refractivity contribution in [2.24, 2.45) is 0 Å². The molecule has 0 atom stereocenters. The first-order valence-electron chi connectivity index (χ1n) is 12.9. The SMILES string of the molecule is CCCN1C=CC=CC(c2ccc(NC(=O)c3ccc(C)c(Nc4nccc(-c5cccnc5)n4)c3)cc2)=C1. The topological polar surface area (TPSA) is 83.0 Å². The highest BCUT2D eigenvalue weighted by atomic mass is 16.1. The highest BCUT2D eigenvalue weighted by Crippen LogP contribution is 2.24. The third kappa shape index (κ3) is 6.45. The van der Waals surface area contributed by atoms with E-state index in [-0.39, 0.29) is 5.91 Å². The van der Waals surface area contributed by atoms with E-state index in [1.165, 1.54) is 0 Å². The van der Waals surface area contributed by atoms with Gasteiger partial charge in [-0.05, 0) is 78.6 Å². The fourth-order valence-electron chi connectivity index (χ4n) is 4.21. The van der Waals surface area contributed by atoms with Crippen molar-refractivity contribution in [1.82, 2.24) is 19.9 Å². The molecular formula is C32H30N6O. The predicted octanol–water partition coefficient (Wildman–Crippen LogP) is 6.98. The van der Waals surface area contributed by atoms with Gasteiger partial charge in [0.2, 0.25) is 5.95 Å². The zero-order valence-corrected chi connectivity index (χ0v) is 22.0. The van der Waals surface area contributed by atoms with Crippen molar-refractivity contribution in [3.63, 3.8) is 0 Å². The van der Waals surface area contributed by atoms with E-state index in [2.05, 4.69) is 55.9 Å². The van der Waals surface area contributed by atoms with E-state index in [0.29, 0.717) is 11.5 Å². The molecule has 1 aliphatic heterocycles. The standard InChI is InChI=1S/C32H30N6O/c1-3-18-38-19-5-4-7-27(22-38)24-11-13-28(14-12-24)35-31(39)25-10-9-23(2)30(20-25)37-32-34-17-15-29(36-32)26-8-6-16-33-21-26/h4-17,19-22H,3,18H2,1-2H3,(H,35,39)(H,34,36,37). The molecule has 2 aromatic heterocycles. The summed E-state index contributed by atoms with van der Waals surface area (Å²) in [4.78, 5) is 28.4. The summed E-state index contributed by atoms with van der Waals surface area (Å²) in [5.41, 5.74) is 6.88. The Bertz CT molecular complexity index is 1540. The molecule has 7 nitrogen and oxygen atoms in total. The van der Waals surface area contributed by atoms with Crippen molar-refractivity contribution in [3.8, 4) is 11.3 Å². The Labute approximate surface area is 228 Å². The lowest BCUT2D eigenvalue weighted by Gasteiger charge is -2.15. The van der Waals surface area contributed by atoms with Gasteiger partial charge >= 0.3 is 0 Å². The number of aromatic nitrogens is 3. The molecule has 5 rings (SSSR count). The molecule has 0 aliphatic carbocycles. The van der Waals surface area contributed by atoms with E-state index in [1.807, 2.05) is 79.7 Å². The first kappa shape index (κ1) is 25.6. The minimum Gasteiger partial charge on any atom is -0.354 e. The minimum atomic E-state index is -0.192. The van der Waals surface area contributed by atoms with E-state index in [4.69, 9.17) is 0 Å². The number of benzene rings is 2. The summed E-state index contributed by atoms with van der Waals surface area (Å²) in [5, 5.41) is 6.26. The minimum absolute atomic E-state index is 0.192. The smallest absolute Gasteiger partial charge is 0.255 e. The van der Waals surface area contributed by atoms with Crippen LogP contribution in [0.1, 0.15) is 34.8 Å². The van der Waals surface area contributed by atoms with E-state index in [1.54, 1.807) is 18.6 Å². The Morgan fingerprint density at radius 1 is 0.974 bits per heavy atom. The number of rotatable bonds is 8. The number of hydrogen-bond acceptors (Lipinski definition) is 6. The first-order chi connectivity index (χ1) is 19.1. The molecule has 4 aromatic rings. The maximum Gasteiger partial charge on any atom is 0.255 e. The number of carbonyl (C=O) groups is 1. The average molecular weight is 515 g/mol. The number of allylic oxidation sites excluding steroid dienone is 4. The van der Waals surface area contributed by atoms with Crippen molar-refractivity contribution in [1.29, 1.82) is 0 Å². The van der Waals surface area contributed by atoms with Crippen LogP contribution in [0.25, 0.3) is 16.8 Å². The van der Waals surface area contributed by atoms with Gasteiger partial charge in [-0.3, -0.25) is 9.78 Å². The summed E-state index contributed by atoms with van der Waals surface area (Å²) in [5.74, 6) is 0.255. The van der Waals surface area contributed by atoms with Crippen molar-refractivity contribution >= 4 is 28.8 Å². The second-order valence-electron chi connectivity index (χ2n) is 9.22. The molecule has 1 amide bonds. The molecule has 0 spiro atoms. The average Bonchev–Trinajstić information content (AvgIpc) is 3.21. The van der Waals surface area contributed by atoms with Crippen LogP contribution in [-0.4, -0.2) is 32.3 Å².